The van der Waals surface area contributed by atoms with E-state index in [4.69, 9.17) is 4.74 Å². The van der Waals surface area contributed by atoms with Crippen molar-refractivity contribution in [2.75, 3.05) is 23.8 Å². The first-order chi connectivity index (χ1) is 16.4. The van der Waals surface area contributed by atoms with Crippen molar-refractivity contribution >= 4 is 17.3 Å². The average Bonchev–Trinajstić information content (AvgIpc) is 3.23. The molecule has 0 amide bonds. The molecule has 0 bridgehead atoms. The number of hydrogen-bond acceptors (Lipinski definition) is 7. The molecule has 4 heterocycles. The molecule has 1 unspecified atom stereocenters. The van der Waals surface area contributed by atoms with Crippen molar-refractivity contribution in [3.63, 3.8) is 0 Å². The zero-order valence-electron chi connectivity index (χ0n) is 18.3. The molecule has 1 saturated heterocycles. The van der Waals surface area contributed by atoms with Gasteiger partial charge in [0.1, 0.15) is 28.7 Å². The predicted octanol–water partition coefficient (Wildman–Crippen LogP) is 5.70. The third kappa shape index (κ3) is 6.15. The van der Waals surface area contributed by atoms with Gasteiger partial charge in [0.2, 0.25) is 0 Å². The summed E-state index contributed by atoms with van der Waals surface area (Å²) in [6.07, 6.45) is -6.65. The van der Waals surface area contributed by atoms with E-state index in [1.807, 2.05) is 6.92 Å². The molecule has 4 rings (SSSR count). The Labute approximate surface area is 196 Å². The van der Waals surface area contributed by atoms with Gasteiger partial charge in [0.15, 0.2) is 5.82 Å². The van der Waals surface area contributed by atoms with Crippen molar-refractivity contribution in [3.8, 4) is 11.5 Å². The number of nitrogens with zero attached hydrogens (tertiary/aromatic N) is 4. The first kappa shape index (κ1) is 24.6. The second-order valence-corrected chi connectivity index (χ2v) is 8.18. The molecule has 7 nitrogen and oxygen atoms in total. The van der Waals surface area contributed by atoms with Crippen LogP contribution in [0, 0.1) is 0 Å². The summed E-state index contributed by atoms with van der Waals surface area (Å²) in [7, 11) is 0. The minimum Gasteiger partial charge on any atom is -0.373 e. The van der Waals surface area contributed by atoms with E-state index in [0.29, 0.717) is 13.2 Å². The number of hydrogen-bond donors (Lipinski definition) is 2. The van der Waals surface area contributed by atoms with Gasteiger partial charge in [-0.05, 0) is 44.0 Å². The van der Waals surface area contributed by atoms with Crippen LogP contribution in [0.15, 0.2) is 42.6 Å². The summed E-state index contributed by atoms with van der Waals surface area (Å²) < 4.78 is 84.3. The Bertz CT molecular complexity index is 1190. The number of anilines is 3. The Balaban J connectivity index is 1.69. The lowest BCUT2D eigenvalue weighted by molar-refractivity contribution is -0.141. The van der Waals surface area contributed by atoms with Crippen LogP contribution in [0.25, 0.3) is 11.5 Å². The second kappa shape index (κ2) is 9.29. The van der Waals surface area contributed by atoms with Crippen molar-refractivity contribution in [1.29, 1.82) is 0 Å². The zero-order chi connectivity index (χ0) is 25.3. The van der Waals surface area contributed by atoms with Gasteiger partial charge in [-0.15, -0.1) is 0 Å². The molecule has 1 aliphatic heterocycles. The van der Waals surface area contributed by atoms with E-state index < -0.39 is 29.3 Å². The molecule has 35 heavy (non-hydrogen) atoms. The summed E-state index contributed by atoms with van der Waals surface area (Å²) in [5.74, 6) is 0.137. The van der Waals surface area contributed by atoms with Gasteiger partial charge in [0.25, 0.3) is 0 Å². The molecular formula is C22H20F6N6O. The fraction of sp³-hybridized carbons (Fsp3) is 0.364. The molecule has 1 atom stereocenters. The highest BCUT2D eigenvalue weighted by atomic mass is 19.4. The molecule has 0 aromatic carbocycles. The van der Waals surface area contributed by atoms with Gasteiger partial charge in [-0.2, -0.15) is 26.3 Å². The first-order valence-electron chi connectivity index (χ1n) is 10.5. The van der Waals surface area contributed by atoms with Crippen LogP contribution in [-0.2, 0) is 17.1 Å². The molecule has 186 valence electrons. The van der Waals surface area contributed by atoms with Crippen LogP contribution in [0.2, 0.25) is 0 Å². The number of alkyl halides is 6. The van der Waals surface area contributed by atoms with E-state index in [1.165, 1.54) is 24.3 Å². The fourth-order valence-corrected chi connectivity index (χ4v) is 3.50. The number of aromatic nitrogens is 4. The van der Waals surface area contributed by atoms with Crippen molar-refractivity contribution in [3.05, 3.63) is 54.0 Å². The van der Waals surface area contributed by atoms with E-state index >= 15 is 0 Å². The molecule has 1 aliphatic rings. The molecule has 3 aromatic heterocycles. The lowest BCUT2D eigenvalue weighted by atomic mass is 10.0. The van der Waals surface area contributed by atoms with Gasteiger partial charge >= 0.3 is 12.4 Å². The molecule has 1 fully saturated rings. The quantitative estimate of drug-likeness (QED) is 0.422. The Morgan fingerprint density at radius 1 is 0.943 bits per heavy atom. The molecule has 0 spiro atoms. The predicted molar refractivity (Wildman–Crippen MR) is 115 cm³/mol. The lowest BCUT2D eigenvalue weighted by Gasteiger charge is -2.24. The monoisotopic (exact) mass is 498 g/mol. The summed E-state index contributed by atoms with van der Waals surface area (Å²) in [5, 5.41) is 5.82. The summed E-state index contributed by atoms with van der Waals surface area (Å²) in [5.41, 5.74) is -2.81. The van der Waals surface area contributed by atoms with E-state index in [2.05, 4.69) is 30.6 Å². The van der Waals surface area contributed by atoms with Gasteiger partial charge in [-0.25, -0.2) is 15.0 Å². The van der Waals surface area contributed by atoms with Crippen LogP contribution in [0.5, 0.6) is 0 Å². The Hall–Kier alpha value is -3.48. The van der Waals surface area contributed by atoms with Crippen molar-refractivity contribution in [2.45, 2.75) is 37.7 Å². The minimum atomic E-state index is -4.67. The van der Waals surface area contributed by atoms with E-state index in [-0.39, 0.29) is 28.8 Å². The van der Waals surface area contributed by atoms with Gasteiger partial charge < -0.3 is 15.4 Å². The third-order valence-corrected chi connectivity index (χ3v) is 5.26. The van der Waals surface area contributed by atoms with Crippen LogP contribution >= 0.6 is 0 Å². The maximum Gasteiger partial charge on any atom is 0.433 e. The number of rotatable bonds is 6. The Morgan fingerprint density at radius 3 is 2.37 bits per heavy atom. The average molecular weight is 498 g/mol. The zero-order valence-corrected chi connectivity index (χ0v) is 18.3. The van der Waals surface area contributed by atoms with Crippen LogP contribution in [0.1, 0.15) is 31.2 Å². The summed E-state index contributed by atoms with van der Waals surface area (Å²) in [6.45, 7) is 2.88. The van der Waals surface area contributed by atoms with E-state index in [9.17, 15) is 26.3 Å². The van der Waals surface area contributed by atoms with Crippen molar-refractivity contribution < 1.29 is 31.1 Å². The summed E-state index contributed by atoms with van der Waals surface area (Å²) in [6, 6.07) is 6.84. The van der Waals surface area contributed by atoms with Crippen molar-refractivity contribution in [1.82, 2.24) is 19.9 Å². The summed E-state index contributed by atoms with van der Waals surface area (Å²) in [4.78, 5) is 15.4. The molecule has 13 heteroatoms. The molecule has 0 aliphatic carbocycles. The van der Waals surface area contributed by atoms with Crippen LogP contribution in [0.4, 0.5) is 43.7 Å². The number of pyridine rings is 2. The lowest BCUT2D eigenvalue weighted by Crippen LogP contribution is -2.32. The molecule has 0 saturated carbocycles. The number of ether oxygens (including phenoxy) is 1. The van der Waals surface area contributed by atoms with Gasteiger partial charge in [0, 0.05) is 31.1 Å². The standard InChI is InChI=1S/C22H20F6N6O/c1-20(7-3-9-35-20)12-30-17-11-18(31-13-6-8-29-16(10-13)22(26,27)28)34-19(33-17)14-4-2-5-15(32-14)21(23,24)25/h2,4-6,8,10-11H,3,7,9,12H2,1H3,(H2,29,30,31,33,34). The molecule has 0 radical (unpaired) electrons. The molecule has 2 N–H and O–H groups in total. The topological polar surface area (TPSA) is 84.9 Å². The number of nitrogens with one attached hydrogen (secondary N) is 2. The van der Waals surface area contributed by atoms with Gasteiger partial charge in [0.05, 0.1) is 5.60 Å². The maximum atomic E-state index is 13.2. The number of halogens is 6. The summed E-state index contributed by atoms with van der Waals surface area (Å²) >= 11 is 0. The smallest absolute Gasteiger partial charge is 0.373 e. The fourth-order valence-electron chi connectivity index (χ4n) is 3.50. The maximum absolute atomic E-state index is 13.2. The van der Waals surface area contributed by atoms with Crippen LogP contribution in [-0.4, -0.2) is 38.7 Å². The van der Waals surface area contributed by atoms with Gasteiger partial charge in [-0.1, -0.05) is 6.07 Å². The molecular weight excluding hydrogens is 478 g/mol. The first-order valence-corrected chi connectivity index (χ1v) is 10.5. The SMILES string of the molecule is CC1(CNc2cc(Nc3ccnc(C(F)(F)F)c3)nc(-c3cccc(C(F)(F)F)n3)n2)CCCO1. The Kier molecular flexibility index (Phi) is 6.54. The van der Waals surface area contributed by atoms with Crippen LogP contribution < -0.4 is 10.6 Å². The normalized spacial score (nSPS) is 18.5. The highest BCUT2D eigenvalue weighted by molar-refractivity contribution is 5.64. The third-order valence-electron chi connectivity index (χ3n) is 5.26. The van der Waals surface area contributed by atoms with Crippen LogP contribution in [0.3, 0.4) is 0 Å². The van der Waals surface area contributed by atoms with Gasteiger partial charge in [-0.3, -0.25) is 4.98 Å². The highest BCUT2D eigenvalue weighted by Crippen LogP contribution is 2.32. The largest absolute Gasteiger partial charge is 0.433 e. The molecule has 3 aromatic rings. The van der Waals surface area contributed by atoms with E-state index in [1.54, 1.807) is 0 Å². The van der Waals surface area contributed by atoms with E-state index in [0.717, 1.165) is 31.2 Å². The second-order valence-electron chi connectivity index (χ2n) is 8.18. The Morgan fingerprint density at radius 2 is 1.69 bits per heavy atom. The highest BCUT2D eigenvalue weighted by Gasteiger charge is 2.34. The minimum absolute atomic E-state index is 0.0333. The van der Waals surface area contributed by atoms with Crippen molar-refractivity contribution in [2.24, 2.45) is 0 Å².